The van der Waals surface area contributed by atoms with Crippen molar-refractivity contribution in [2.45, 2.75) is 4.90 Å². The Labute approximate surface area is 65.2 Å². The quantitative estimate of drug-likeness (QED) is 0.638. The maximum absolute atomic E-state index is 10.8. The van der Waals surface area contributed by atoms with Crippen LogP contribution in [0.1, 0.15) is 0 Å². The van der Waals surface area contributed by atoms with Crippen molar-refractivity contribution in [1.82, 2.24) is 0 Å². The third-order valence-electron chi connectivity index (χ3n) is 1.23. The van der Waals surface area contributed by atoms with Crippen LogP contribution in [0.5, 0.6) is 5.75 Å². The van der Waals surface area contributed by atoms with Gasteiger partial charge in [0.1, 0.15) is 0 Å². The lowest BCUT2D eigenvalue weighted by atomic mass is 10.3. The zero-order chi connectivity index (χ0) is 8.48. The van der Waals surface area contributed by atoms with E-state index in [9.17, 15) is 13.5 Å². The Kier molecular flexibility index (Phi) is 1.87. The number of rotatable bonds is 1. The first-order chi connectivity index (χ1) is 5.00. The van der Waals surface area contributed by atoms with Crippen molar-refractivity contribution in [3.63, 3.8) is 0 Å². The summed E-state index contributed by atoms with van der Waals surface area (Å²) in [6.07, 6.45) is 1.07. The standard InChI is InChI=1S/C7H7O3S/c1-11(9,10)7-4-2-3-6(8)5-7/h2-5H,1H3. The SMILES string of the molecule is CS(=O)(=O)c1cccc([O])c1. The Hall–Kier alpha value is -1.03. The Morgan fingerprint density at radius 1 is 1.27 bits per heavy atom. The maximum atomic E-state index is 10.8. The molecule has 0 bridgehead atoms. The lowest BCUT2D eigenvalue weighted by Crippen LogP contribution is -1.95. The van der Waals surface area contributed by atoms with E-state index in [0.717, 1.165) is 12.3 Å². The average Bonchev–Trinajstić information content (AvgIpc) is 1.86. The summed E-state index contributed by atoms with van der Waals surface area (Å²) >= 11 is 0. The summed E-state index contributed by atoms with van der Waals surface area (Å²) in [6, 6.07) is 5.25. The predicted molar refractivity (Wildman–Crippen MR) is 39.7 cm³/mol. The second-order valence-corrected chi connectivity index (χ2v) is 4.26. The first-order valence-electron chi connectivity index (χ1n) is 2.97. The molecule has 0 aliphatic rings. The molecule has 0 aliphatic heterocycles. The predicted octanol–water partition coefficient (Wildman–Crippen LogP) is 1.23. The summed E-state index contributed by atoms with van der Waals surface area (Å²) in [6.45, 7) is 0. The molecule has 4 heteroatoms. The second kappa shape index (κ2) is 2.54. The topological polar surface area (TPSA) is 54.0 Å². The lowest BCUT2D eigenvalue weighted by molar-refractivity contribution is 0.353. The van der Waals surface area contributed by atoms with Gasteiger partial charge in [0.2, 0.25) is 0 Å². The van der Waals surface area contributed by atoms with Gasteiger partial charge in [0.25, 0.3) is 0 Å². The van der Waals surface area contributed by atoms with Gasteiger partial charge >= 0.3 is 0 Å². The number of sulfone groups is 1. The largest absolute Gasteiger partial charge is 0.290 e. The van der Waals surface area contributed by atoms with Crippen LogP contribution in [0.25, 0.3) is 0 Å². The summed E-state index contributed by atoms with van der Waals surface area (Å²) in [7, 11) is -3.23. The molecule has 1 radical (unpaired) electrons. The van der Waals surface area contributed by atoms with Crippen molar-refractivity contribution in [3.8, 4) is 5.75 Å². The molecule has 1 aromatic carbocycles. The van der Waals surface area contributed by atoms with Gasteiger partial charge in [0, 0.05) is 12.3 Å². The van der Waals surface area contributed by atoms with Gasteiger partial charge in [-0.05, 0) is 12.1 Å². The van der Waals surface area contributed by atoms with Crippen LogP contribution in [-0.2, 0) is 14.9 Å². The van der Waals surface area contributed by atoms with Gasteiger partial charge in [-0.2, -0.15) is 0 Å². The van der Waals surface area contributed by atoms with Gasteiger partial charge in [-0.3, -0.25) is 5.11 Å². The van der Waals surface area contributed by atoms with E-state index in [1.807, 2.05) is 0 Å². The molecule has 0 N–H and O–H groups in total. The number of benzene rings is 1. The molecule has 0 fully saturated rings. The van der Waals surface area contributed by atoms with Crippen molar-refractivity contribution in [2.24, 2.45) is 0 Å². The van der Waals surface area contributed by atoms with Crippen LogP contribution in [0.3, 0.4) is 0 Å². The van der Waals surface area contributed by atoms with E-state index in [1.165, 1.54) is 18.2 Å². The van der Waals surface area contributed by atoms with E-state index in [0.29, 0.717) is 0 Å². The number of hydrogen-bond acceptors (Lipinski definition) is 2. The molecule has 0 spiro atoms. The fraction of sp³-hybridized carbons (Fsp3) is 0.143. The number of hydrogen-bond donors (Lipinski definition) is 0. The van der Waals surface area contributed by atoms with Crippen LogP contribution in [0.2, 0.25) is 0 Å². The van der Waals surface area contributed by atoms with Crippen molar-refractivity contribution in [2.75, 3.05) is 6.26 Å². The summed E-state index contributed by atoms with van der Waals surface area (Å²) in [5.74, 6) is -0.284. The van der Waals surface area contributed by atoms with Crippen molar-refractivity contribution in [3.05, 3.63) is 24.3 Å². The van der Waals surface area contributed by atoms with Gasteiger partial charge in [-0.1, -0.05) is 6.07 Å². The minimum atomic E-state index is -3.23. The molecule has 59 valence electrons. The minimum absolute atomic E-state index is 0.0741. The summed E-state index contributed by atoms with van der Waals surface area (Å²) < 4.78 is 21.7. The molecule has 0 amide bonds. The highest BCUT2D eigenvalue weighted by atomic mass is 32.2. The molecule has 0 heterocycles. The fourth-order valence-electron chi connectivity index (χ4n) is 0.705. The van der Waals surface area contributed by atoms with Crippen LogP contribution in [0.4, 0.5) is 0 Å². The van der Waals surface area contributed by atoms with Gasteiger partial charge in [0.15, 0.2) is 15.6 Å². The van der Waals surface area contributed by atoms with Crippen LogP contribution >= 0.6 is 0 Å². The van der Waals surface area contributed by atoms with Crippen LogP contribution in [0.15, 0.2) is 29.2 Å². The van der Waals surface area contributed by atoms with E-state index >= 15 is 0 Å². The van der Waals surface area contributed by atoms with Crippen LogP contribution < -0.4 is 0 Å². The van der Waals surface area contributed by atoms with E-state index in [4.69, 9.17) is 0 Å². The molecule has 1 rings (SSSR count). The third-order valence-corrected chi connectivity index (χ3v) is 2.34. The minimum Gasteiger partial charge on any atom is -0.290 e. The van der Waals surface area contributed by atoms with Crippen molar-refractivity contribution >= 4 is 9.84 Å². The van der Waals surface area contributed by atoms with E-state index < -0.39 is 9.84 Å². The van der Waals surface area contributed by atoms with E-state index in [2.05, 4.69) is 0 Å². The lowest BCUT2D eigenvalue weighted by Gasteiger charge is -1.95. The Balaban J connectivity index is 3.28. The van der Waals surface area contributed by atoms with E-state index in [-0.39, 0.29) is 10.6 Å². The van der Waals surface area contributed by atoms with Crippen LogP contribution in [0, 0.1) is 0 Å². The zero-order valence-electron chi connectivity index (χ0n) is 5.94. The highest BCUT2D eigenvalue weighted by Gasteiger charge is 2.06. The van der Waals surface area contributed by atoms with Crippen LogP contribution in [-0.4, -0.2) is 14.7 Å². The molecule has 11 heavy (non-hydrogen) atoms. The first-order valence-corrected chi connectivity index (χ1v) is 4.86. The second-order valence-electron chi connectivity index (χ2n) is 2.25. The summed E-state index contributed by atoms with van der Waals surface area (Å²) in [5, 5.41) is 10.7. The first kappa shape index (κ1) is 8.07. The zero-order valence-corrected chi connectivity index (χ0v) is 6.76. The van der Waals surface area contributed by atoms with E-state index in [1.54, 1.807) is 0 Å². The Morgan fingerprint density at radius 3 is 2.27 bits per heavy atom. The van der Waals surface area contributed by atoms with Gasteiger partial charge in [-0.15, -0.1) is 0 Å². The molecule has 3 nitrogen and oxygen atoms in total. The summed E-state index contributed by atoms with van der Waals surface area (Å²) in [5.41, 5.74) is 0. The van der Waals surface area contributed by atoms with Gasteiger partial charge in [-0.25, -0.2) is 8.42 Å². The molecule has 0 saturated carbocycles. The smallest absolute Gasteiger partial charge is 0.179 e. The maximum Gasteiger partial charge on any atom is 0.179 e. The monoisotopic (exact) mass is 171 g/mol. The molecule has 0 saturated heterocycles. The average molecular weight is 171 g/mol. The molecule has 0 unspecified atom stereocenters. The highest BCUT2D eigenvalue weighted by Crippen LogP contribution is 2.15. The molecular weight excluding hydrogens is 164 g/mol. The summed E-state index contributed by atoms with van der Waals surface area (Å²) in [4.78, 5) is 0.0741. The van der Waals surface area contributed by atoms with Crippen molar-refractivity contribution in [1.29, 1.82) is 0 Å². The van der Waals surface area contributed by atoms with Gasteiger partial charge in [0.05, 0.1) is 4.90 Å². The fourth-order valence-corrected chi connectivity index (χ4v) is 1.36. The van der Waals surface area contributed by atoms with Gasteiger partial charge < -0.3 is 0 Å². The Bertz CT molecular complexity index is 354. The molecule has 0 aromatic heterocycles. The highest BCUT2D eigenvalue weighted by molar-refractivity contribution is 7.90. The Morgan fingerprint density at radius 2 is 1.91 bits per heavy atom. The molecule has 1 aromatic rings. The molecular formula is C7H7O3S. The van der Waals surface area contributed by atoms with Crippen molar-refractivity contribution < 1.29 is 13.5 Å². The third kappa shape index (κ3) is 1.94. The molecule has 0 aliphatic carbocycles. The molecule has 0 atom stereocenters. The normalized spacial score (nSPS) is 11.4.